The van der Waals surface area contributed by atoms with E-state index in [0.29, 0.717) is 17.5 Å². The number of sulfonamides is 1. The van der Waals surface area contributed by atoms with Crippen molar-refractivity contribution in [3.8, 4) is 6.07 Å². The van der Waals surface area contributed by atoms with Crippen molar-refractivity contribution in [3.63, 3.8) is 0 Å². The Morgan fingerprint density at radius 1 is 1.11 bits per heavy atom. The number of urea groups is 1. The molecule has 0 saturated carbocycles. The number of nitrogens with zero attached hydrogens (tertiary/aromatic N) is 3. The third kappa shape index (κ3) is 4.38. The number of carbonyl (C=O) groups is 3. The predicted molar refractivity (Wildman–Crippen MR) is 125 cm³/mol. The molecule has 0 radical (unpaired) electrons. The second kappa shape index (κ2) is 9.48. The molecule has 2 aliphatic rings. The fourth-order valence-corrected chi connectivity index (χ4v) is 5.92. The van der Waals surface area contributed by atoms with Crippen LogP contribution in [-0.4, -0.2) is 48.7 Å². The molecule has 4 rings (SSSR count). The van der Waals surface area contributed by atoms with Crippen LogP contribution in [0.5, 0.6) is 0 Å². The monoisotopic (exact) mass is 495 g/mol. The molecule has 35 heavy (non-hydrogen) atoms. The number of imide groups is 1. The molecule has 10 nitrogen and oxygen atoms in total. The maximum atomic E-state index is 13.2. The van der Waals surface area contributed by atoms with E-state index in [1.807, 2.05) is 12.1 Å². The molecule has 2 aromatic carbocycles. The van der Waals surface area contributed by atoms with Gasteiger partial charge in [-0.15, -0.1) is 0 Å². The molecule has 0 aromatic heterocycles. The van der Waals surface area contributed by atoms with E-state index >= 15 is 0 Å². The van der Waals surface area contributed by atoms with Gasteiger partial charge in [0.05, 0.1) is 16.5 Å². The van der Waals surface area contributed by atoms with E-state index in [2.05, 4.69) is 10.7 Å². The quantitative estimate of drug-likeness (QED) is 0.586. The van der Waals surface area contributed by atoms with Gasteiger partial charge in [0.2, 0.25) is 15.9 Å². The summed E-state index contributed by atoms with van der Waals surface area (Å²) in [5.41, 5.74) is 2.16. The van der Waals surface area contributed by atoms with E-state index in [1.54, 1.807) is 31.2 Å². The van der Waals surface area contributed by atoms with Gasteiger partial charge in [-0.3, -0.25) is 15.0 Å². The number of hydrazine groups is 1. The number of benzene rings is 2. The predicted octanol–water partition coefficient (Wildman–Crippen LogP) is 1.85. The SMILES string of the molecule is CCC1(c2ccccc2)NC(=O)N(NC(=O)C2CCN(S(=O)(=O)c3ccc(C#N)cc3)CC2)C1=O. The molecule has 0 aliphatic carbocycles. The Morgan fingerprint density at radius 2 is 1.74 bits per heavy atom. The number of nitriles is 1. The Hall–Kier alpha value is -3.75. The Kier molecular flexibility index (Phi) is 6.60. The number of hydrogen-bond acceptors (Lipinski definition) is 6. The zero-order chi connectivity index (χ0) is 25.2. The van der Waals surface area contributed by atoms with Crippen molar-refractivity contribution in [2.24, 2.45) is 5.92 Å². The molecule has 2 aliphatic heterocycles. The highest BCUT2D eigenvalue weighted by Gasteiger charge is 2.52. The van der Waals surface area contributed by atoms with Crippen molar-refractivity contribution in [2.75, 3.05) is 13.1 Å². The first kappa shape index (κ1) is 24.4. The highest BCUT2D eigenvalue weighted by atomic mass is 32.2. The van der Waals surface area contributed by atoms with Crippen LogP contribution < -0.4 is 10.7 Å². The lowest BCUT2D eigenvalue weighted by Gasteiger charge is -2.31. The van der Waals surface area contributed by atoms with E-state index in [4.69, 9.17) is 5.26 Å². The Labute approximate surface area is 203 Å². The van der Waals surface area contributed by atoms with E-state index in [0.717, 1.165) is 5.01 Å². The summed E-state index contributed by atoms with van der Waals surface area (Å²) in [6.45, 7) is 2.01. The lowest BCUT2D eigenvalue weighted by atomic mass is 9.87. The van der Waals surface area contributed by atoms with E-state index < -0.39 is 39.3 Å². The molecule has 2 fully saturated rings. The molecule has 2 N–H and O–H groups in total. The molecule has 11 heteroatoms. The van der Waals surface area contributed by atoms with Crippen LogP contribution in [0, 0.1) is 17.2 Å². The standard InChI is InChI=1S/C24H25N5O5S/c1-2-24(19-6-4-3-5-7-19)22(31)29(23(32)26-24)27-21(30)18-12-14-28(15-13-18)35(33,34)20-10-8-17(16-25)9-11-20/h3-11,18H,2,12-15H2,1H3,(H,26,32)(H,27,30). The van der Waals surface area contributed by atoms with Crippen LogP contribution in [0.4, 0.5) is 4.79 Å². The third-order valence-corrected chi connectivity index (χ3v) is 8.47. The average molecular weight is 496 g/mol. The molecule has 1 atom stereocenters. The first-order chi connectivity index (χ1) is 16.7. The summed E-state index contributed by atoms with van der Waals surface area (Å²) in [4.78, 5) is 38.8. The zero-order valence-corrected chi connectivity index (χ0v) is 19.9. The van der Waals surface area contributed by atoms with Crippen LogP contribution >= 0.6 is 0 Å². The van der Waals surface area contributed by atoms with Gasteiger partial charge in [-0.1, -0.05) is 37.3 Å². The van der Waals surface area contributed by atoms with Crippen molar-refractivity contribution in [3.05, 3.63) is 65.7 Å². The minimum absolute atomic E-state index is 0.0792. The topological polar surface area (TPSA) is 140 Å². The van der Waals surface area contributed by atoms with Gasteiger partial charge >= 0.3 is 6.03 Å². The van der Waals surface area contributed by atoms with Gasteiger partial charge in [0, 0.05) is 19.0 Å². The van der Waals surface area contributed by atoms with Crippen LogP contribution in [0.2, 0.25) is 0 Å². The second-order valence-electron chi connectivity index (χ2n) is 8.49. The largest absolute Gasteiger partial charge is 0.344 e. The molecule has 0 spiro atoms. The van der Waals surface area contributed by atoms with E-state index in [-0.39, 0.29) is 30.8 Å². The van der Waals surface area contributed by atoms with Crippen LogP contribution in [0.3, 0.4) is 0 Å². The maximum absolute atomic E-state index is 13.2. The summed E-state index contributed by atoms with van der Waals surface area (Å²) in [5.74, 6) is -1.63. The van der Waals surface area contributed by atoms with Crippen molar-refractivity contribution < 1.29 is 22.8 Å². The molecular weight excluding hydrogens is 470 g/mol. The summed E-state index contributed by atoms with van der Waals surface area (Å²) in [7, 11) is -3.76. The van der Waals surface area contributed by atoms with Crippen molar-refractivity contribution >= 4 is 27.9 Å². The molecule has 2 saturated heterocycles. The fraction of sp³-hybridized carbons (Fsp3) is 0.333. The summed E-state index contributed by atoms with van der Waals surface area (Å²) in [6.07, 6.45) is 0.782. The molecule has 1 unspecified atom stereocenters. The van der Waals surface area contributed by atoms with Gasteiger partial charge in [0.1, 0.15) is 5.54 Å². The van der Waals surface area contributed by atoms with Crippen LogP contribution in [-0.2, 0) is 25.2 Å². The minimum Gasteiger partial charge on any atom is -0.318 e. The Balaban J connectivity index is 1.40. The van der Waals surface area contributed by atoms with Crippen LogP contribution in [0.25, 0.3) is 0 Å². The first-order valence-electron chi connectivity index (χ1n) is 11.3. The average Bonchev–Trinajstić information content (AvgIpc) is 3.14. The summed E-state index contributed by atoms with van der Waals surface area (Å²) in [5, 5.41) is 12.3. The normalized spacial score (nSPS) is 21.4. The Bertz CT molecular complexity index is 1280. The summed E-state index contributed by atoms with van der Waals surface area (Å²) >= 11 is 0. The zero-order valence-electron chi connectivity index (χ0n) is 19.1. The number of nitrogens with one attached hydrogen (secondary N) is 2. The number of hydrogen-bond donors (Lipinski definition) is 2. The van der Waals surface area contributed by atoms with E-state index in [1.165, 1.54) is 28.6 Å². The summed E-state index contributed by atoms with van der Waals surface area (Å²) in [6, 6.07) is 15.7. The second-order valence-corrected chi connectivity index (χ2v) is 10.4. The smallest absolute Gasteiger partial charge is 0.318 e. The summed E-state index contributed by atoms with van der Waals surface area (Å²) < 4.78 is 27.1. The van der Waals surface area contributed by atoms with E-state index in [9.17, 15) is 22.8 Å². The minimum atomic E-state index is -3.76. The molecule has 0 bridgehead atoms. The number of piperidine rings is 1. The number of rotatable bonds is 6. The lowest BCUT2D eigenvalue weighted by molar-refractivity contribution is -0.141. The first-order valence-corrected chi connectivity index (χ1v) is 12.7. The maximum Gasteiger partial charge on any atom is 0.344 e. The third-order valence-electron chi connectivity index (χ3n) is 6.56. The highest BCUT2D eigenvalue weighted by molar-refractivity contribution is 7.89. The number of carbonyl (C=O) groups excluding carboxylic acids is 3. The molecule has 2 aromatic rings. The van der Waals surface area contributed by atoms with Gasteiger partial charge in [0.25, 0.3) is 5.91 Å². The molecule has 2 heterocycles. The van der Waals surface area contributed by atoms with Crippen molar-refractivity contribution in [1.29, 1.82) is 5.26 Å². The fourth-order valence-electron chi connectivity index (χ4n) is 4.45. The van der Waals surface area contributed by atoms with Crippen LogP contribution in [0.1, 0.15) is 37.3 Å². The van der Waals surface area contributed by atoms with Gasteiger partial charge in [-0.25, -0.2) is 13.2 Å². The lowest BCUT2D eigenvalue weighted by Crippen LogP contribution is -2.51. The van der Waals surface area contributed by atoms with Crippen molar-refractivity contribution in [2.45, 2.75) is 36.6 Å². The van der Waals surface area contributed by atoms with Crippen LogP contribution in [0.15, 0.2) is 59.5 Å². The van der Waals surface area contributed by atoms with Gasteiger partial charge in [-0.2, -0.15) is 14.6 Å². The van der Waals surface area contributed by atoms with Gasteiger partial charge in [-0.05, 0) is 49.1 Å². The Morgan fingerprint density at radius 3 is 2.31 bits per heavy atom. The molecular formula is C24H25N5O5S. The van der Waals surface area contributed by atoms with Gasteiger partial charge < -0.3 is 5.32 Å². The molecule has 4 amide bonds. The molecule has 182 valence electrons. The highest BCUT2D eigenvalue weighted by Crippen LogP contribution is 2.32. The van der Waals surface area contributed by atoms with Gasteiger partial charge in [0.15, 0.2) is 0 Å². The van der Waals surface area contributed by atoms with Crippen molar-refractivity contribution in [1.82, 2.24) is 20.1 Å². The number of amides is 4.